The van der Waals surface area contributed by atoms with Crippen LogP contribution in [0.2, 0.25) is 0 Å². The van der Waals surface area contributed by atoms with Gasteiger partial charge in [0.2, 0.25) is 0 Å². The number of benzene rings is 1. The van der Waals surface area contributed by atoms with Gasteiger partial charge in [0.05, 0.1) is 17.0 Å². The summed E-state index contributed by atoms with van der Waals surface area (Å²) in [5.41, 5.74) is 10.2. The van der Waals surface area contributed by atoms with Gasteiger partial charge in [0.15, 0.2) is 5.82 Å². The van der Waals surface area contributed by atoms with E-state index in [1.165, 1.54) is 0 Å². The molecule has 0 unspecified atom stereocenters. The van der Waals surface area contributed by atoms with Crippen molar-refractivity contribution in [1.29, 1.82) is 0 Å². The number of para-hydroxylation sites is 1. The first-order valence-corrected chi connectivity index (χ1v) is 6.56. The second kappa shape index (κ2) is 4.49. The summed E-state index contributed by atoms with van der Waals surface area (Å²) in [6.07, 6.45) is 3.45. The maximum Gasteiger partial charge on any atom is 0.155 e. The number of anilines is 1. The molecule has 0 aliphatic heterocycles. The number of fused-ring (bicyclic) bond motifs is 1. The molecular weight excluding hydrogens is 264 g/mol. The number of pyridine rings is 1. The number of hydrogen-bond acceptors (Lipinski definition) is 4. The molecule has 4 rings (SSSR count). The van der Waals surface area contributed by atoms with E-state index in [9.17, 15) is 0 Å². The van der Waals surface area contributed by atoms with Gasteiger partial charge in [-0.2, -0.15) is 5.10 Å². The van der Waals surface area contributed by atoms with Crippen LogP contribution in [0.1, 0.15) is 0 Å². The van der Waals surface area contributed by atoms with Crippen molar-refractivity contribution in [3.05, 3.63) is 54.9 Å². The second-order valence-electron chi connectivity index (χ2n) is 4.72. The number of hydrogen-bond donors (Lipinski definition) is 2. The third-order valence-corrected chi connectivity index (χ3v) is 3.47. The predicted molar refractivity (Wildman–Crippen MR) is 81.4 cm³/mol. The Hall–Kier alpha value is -3.08. The Morgan fingerprint density at radius 2 is 1.90 bits per heavy atom. The lowest BCUT2D eigenvalue weighted by Gasteiger charge is -2.02. The summed E-state index contributed by atoms with van der Waals surface area (Å²) in [7, 11) is 0. The van der Waals surface area contributed by atoms with E-state index in [2.05, 4.69) is 15.2 Å². The van der Waals surface area contributed by atoms with E-state index in [1.54, 1.807) is 12.5 Å². The molecule has 1 aromatic carbocycles. The van der Waals surface area contributed by atoms with Gasteiger partial charge >= 0.3 is 0 Å². The van der Waals surface area contributed by atoms with Gasteiger partial charge in [0, 0.05) is 17.1 Å². The van der Waals surface area contributed by atoms with Crippen LogP contribution < -0.4 is 5.73 Å². The van der Waals surface area contributed by atoms with Crippen LogP contribution in [0.5, 0.6) is 0 Å². The van der Waals surface area contributed by atoms with Crippen molar-refractivity contribution >= 4 is 16.8 Å². The highest BCUT2D eigenvalue weighted by Crippen LogP contribution is 2.37. The van der Waals surface area contributed by atoms with Crippen LogP contribution in [-0.4, -0.2) is 15.2 Å². The van der Waals surface area contributed by atoms with E-state index in [1.807, 2.05) is 42.5 Å². The molecule has 3 aromatic heterocycles. The van der Waals surface area contributed by atoms with Gasteiger partial charge in [-0.05, 0) is 18.2 Å². The molecule has 3 heterocycles. The van der Waals surface area contributed by atoms with Crippen molar-refractivity contribution in [3.63, 3.8) is 0 Å². The monoisotopic (exact) mass is 276 g/mol. The largest absolute Gasteiger partial charge is 0.464 e. The van der Waals surface area contributed by atoms with E-state index in [-0.39, 0.29) is 0 Å². The Balaban J connectivity index is 1.98. The molecule has 3 N–H and O–H groups in total. The van der Waals surface area contributed by atoms with Crippen molar-refractivity contribution < 1.29 is 4.42 Å². The summed E-state index contributed by atoms with van der Waals surface area (Å²) in [5.74, 6) is 0.425. The molecule has 4 aromatic rings. The fourth-order valence-electron chi connectivity index (χ4n) is 2.49. The maximum absolute atomic E-state index is 6.01. The molecule has 0 atom stereocenters. The Kier molecular flexibility index (Phi) is 2.50. The number of nitrogens with zero attached hydrogens (tertiary/aromatic N) is 2. The fraction of sp³-hybridized carbons (Fsp3) is 0. The van der Waals surface area contributed by atoms with Gasteiger partial charge in [0.1, 0.15) is 11.8 Å². The van der Waals surface area contributed by atoms with Crippen molar-refractivity contribution in [2.24, 2.45) is 0 Å². The molecule has 0 aliphatic rings. The van der Waals surface area contributed by atoms with Crippen LogP contribution in [-0.2, 0) is 0 Å². The zero-order chi connectivity index (χ0) is 14.2. The number of aromatic nitrogens is 3. The first-order chi connectivity index (χ1) is 10.3. The molecule has 0 bridgehead atoms. The number of furan rings is 1. The van der Waals surface area contributed by atoms with Gasteiger partial charge < -0.3 is 10.2 Å². The van der Waals surface area contributed by atoms with Crippen LogP contribution in [0.4, 0.5) is 5.82 Å². The van der Waals surface area contributed by atoms with Crippen molar-refractivity contribution in [2.45, 2.75) is 0 Å². The lowest BCUT2D eigenvalue weighted by atomic mass is 10.0. The minimum Gasteiger partial charge on any atom is -0.464 e. The van der Waals surface area contributed by atoms with Crippen LogP contribution in [0, 0.1) is 0 Å². The number of rotatable bonds is 2. The van der Waals surface area contributed by atoms with Crippen molar-refractivity contribution in [2.75, 3.05) is 5.73 Å². The summed E-state index contributed by atoms with van der Waals surface area (Å²) in [5, 5.41) is 8.13. The standard InChI is InChI=1S/C16H12N4O/c17-16-14(12-6-3-4-8-18-12)15(19-20-16)11-9-21-13-7-2-1-5-10(11)13/h1-9H,(H3,17,19,20). The lowest BCUT2D eigenvalue weighted by molar-refractivity contribution is 0.617. The third kappa shape index (κ3) is 1.79. The summed E-state index contributed by atoms with van der Waals surface area (Å²) < 4.78 is 5.59. The molecule has 0 saturated carbocycles. The zero-order valence-corrected chi connectivity index (χ0v) is 11.1. The van der Waals surface area contributed by atoms with Gasteiger partial charge in [-0.1, -0.05) is 24.3 Å². The first-order valence-electron chi connectivity index (χ1n) is 6.56. The number of nitrogen functional groups attached to an aromatic ring is 1. The van der Waals surface area contributed by atoms with E-state index in [0.717, 1.165) is 33.5 Å². The number of aromatic amines is 1. The maximum atomic E-state index is 6.01. The molecule has 0 saturated heterocycles. The van der Waals surface area contributed by atoms with E-state index < -0.39 is 0 Å². The average molecular weight is 276 g/mol. The normalized spacial score (nSPS) is 11.0. The van der Waals surface area contributed by atoms with E-state index in [4.69, 9.17) is 10.2 Å². The summed E-state index contributed by atoms with van der Waals surface area (Å²) in [6, 6.07) is 13.6. The van der Waals surface area contributed by atoms with Gasteiger partial charge in [0.25, 0.3) is 0 Å². The first kappa shape index (κ1) is 11.7. The Morgan fingerprint density at radius 1 is 1.05 bits per heavy atom. The highest BCUT2D eigenvalue weighted by atomic mass is 16.3. The zero-order valence-electron chi connectivity index (χ0n) is 11.1. The minimum absolute atomic E-state index is 0.425. The Morgan fingerprint density at radius 3 is 2.76 bits per heavy atom. The molecule has 21 heavy (non-hydrogen) atoms. The van der Waals surface area contributed by atoms with Crippen molar-refractivity contribution in [1.82, 2.24) is 15.2 Å². The van der Waals surface area contributed by atoms with E-state index in [0.29, 0.717) is 5.82 Å². The molecule has 0 fully saturated rings. The quantitative estimate of drug-likeness (QED) is 0.587. The molecule has 0 radical (unpaired) electrons. The molecule has 0 spiro atoms. The molecule has 0 aliphatic carbocycles. The van der Waals surface area contributed by atoms with Crippen LogP contribution >= 0.6 is 0 Å². The summed E-state index contributed by atoms with van der Waals surface area (Å²) >= 11 is 0. The predicted octanol–water partition coefficient (Wildman–Crippen LogP) is 3.47. The number of H-pyrrole nitrogens is 1. The second-order valence-corrected chi connectivity index (χ2v) is 4.72. The van der Waals surface area contributed by atoms with Gasteiger partial charge in [-0.25, -0.2) is 0 Å². The number of nitrogens with two attached hydrogens (primary N) is 1. The smallest absolute Gasteiger partial charge is 0.155 e. The third-order valence-electron chi connectivity index (χ3n) is 3.47. The summed E-state index contributed by atoms with van der Waals surface area (Å²) in [6.45, 7) is 0. The molecule has 0 amide bonds. The Labute approximate surface area is 120 Å². The summed E-state index contributed by atoms with van der Waals surface area (Å²) in [4.78, 5) is 4.36. The minimum atomic E-state index is 0.425. The van der Waals surface area contributed by atoms with Crippen LogP contribution in [0.3, 0.4) is 0 Å². The van der Waals surface area contributed by atoms with Crippen molar-refractivity contribution in [3.8, 4) is 22.5 Å². The molecular formula is C16H12N4O. The molecule has 102 valence electrons. The van der Waals surface area contributed by atoms with E-state index >= 15 is 0 Å². The average Bonchev–Trinajstić information content (AvgIpc) is 3.11. The van der Waals surface area contributed by atoms with Crippen LogP contribution in [0.15, 0.2) is 59.3 Å². The highest BCUT2D eigenvalue weighted by molar-refractivity contribution is 5.98. The number of nitrogens with one attached hydrogen (secondary N) is 1. The Bertz CT molecular complexity index is 908. The lowest BCUT2D eigenvalue weighted by Crippen LogP contribution is -1.90. The molecule has 5 heteroatoms. The van der Waals surface area contributed by atoms with Gasteiger partial charge in [-0.15, -0.1) is 0 Å². The topological polar surface area (TPSA) is 80.7 Å². The fourth-order valence-corrected chi connectivity index (χ4v) is 2.49. The SMILES string of the molecule is Nc1n[nH]c(-c2coc3ccccc23)c1-c1ccccn1. The molecule has 5 nitrogen and oxygen atoms in total. The van der Waals surface area contributed by atoms with Gasteiger partial charge in [-0.3, -0.25) is 10.1 Å². The van der Waals surface area contributed by atoms with Crippen LogP contribution in [0.25, 0.3) is 33.5 Å². The highest BCUT2D eigenvalue weighted by Gasteiger charge is 2.18.